The zero-order valence-corrected chi connectivity index (χ0v) is 11.1. The Morgan fingerprint density at radius 2 is 2.12 bits per heavy atom. The van der Waals surface area contributed by atoms with Gasteiger partial charge < -0.3 is 5.11 Å². The summed E-state index contributed by atoms with van der Waals surface area (Å²) in [5.74, 6) is -0.860. The van der Waals surface area contributed by atoms with Crippen LogP contribution in [0.15, 0.2) is 16.3 Å². The number of carboxylic acid groups (broad SMARTS) is 1. The van der Waals surface area contributed by atoms with E-state index in [2.05, 4.69) is 4.72 Å². The fourth-order valence-electron chi connectivity index (χ4n) is 1.24. The average Bonchev–Trinajstić information content (AvgIpc) is 2.64. The molecule has 0 aliphatic rings. The Kier molecular flexibility index (Phi) is 5.10. The van der Waals surface area contributed by atoms with Crippen molar-refractivity contribution in [2.75, 3.05) is 6.54 Å². The number of rotatable bonds is 7. The summed E-state index contributed by atoms with van der Waals surface area (Å²) in [7, 11) is -3.42. The molecule has 0 radical (unpaired) electrons. The van der Waals surface area contributed by atoms with Gasteiger partial charge >= 0.3 is 5.97 Å². The molecule has 0 aromatic carbocycles. The summed E-state index contributed by atoms with van der Waals surface area (Å²) in [6, 6.07) is 3.32. The number of aryl methyl sites for hydroxylation is 1. The second-order valence-electron chi connectivity index (χ2n) is 3.61. The van der Waals surface area contributed by atoms with E-state index in [1.807, 2.05) is 6.92 Å². The molecule has 0 saturated carbocycles. The molecule has 0 amide bonds. The van der Waals surface area contributed by atoms with Gasteiger partial charge in [0.25, 0.3) is 0 Å². The van der Waals surface area contributed by atoms with Crippen molar-refractivity contribution in [3.05, 3.63) is 17.0 Å². The number of sulfonamides is 1. The molecule has 7 heteroatoms. The largest absolute Gasteiger partial charge is 0.481 e. The molecule has 2 N–H and O–H groups in total. The molecule has 17 heavy (non-hydrogen) atoms. The highest BCUT2D eigenvalue weighted by atomic mass is 32.2. The first-order valence-corrected chi connectivity index (χ1v) is 7.50. The molecule has 0 unspecified atom stereocenters. The molecular formula is C10H15NO4S2. The zero-order valence-electron chi connectivity index (χ0n) is 9.47. The van der Waals surface area contributed by atoms with Gasteiger partial charge in [-0.15, -0.1) is 11.3 Å². The van der Waals surface area contributed by atoms with Crippen LogP contribution in [0.1, 0.15) is 24.1 Å². The molecular weight excluding hydrogens is 262 g/mol. The lowest BCUT2D eigenvalue weighted by molar-refractivity contribution is -0.137. The molecule has 0 aliphatic heterocycles. The summed E-state index contributed by atoms with van der Waals surface area (Å²) in [6.07, 6.45) is 1.07. The summed E-state index contributed by atoms with van der Waals surface area (Å²) < 4.78 is 26.2. The quantitative estimate of drug-likeness (QED) is 0.741. The van der Waals surface area contributed by atoms with Crippen LogP contribution in [0, 0.1) is 6.92 Å². The molecule has 1 aromatic rings. The highest BCUT2D eigenvalue weighted by Gasteiger charge is 2.14. The van der Waals surface area contributed by atoms with E-state index >= 15 is 0 Å². The standard InChI is InChI=1S/C10H15NO4S2/c1-8-5-6-10(16-8)17(14,15)11-7-3-2-4-9(12)13/h5-6,11H,2-4,7H2,1H3,(H,12,13). The fourth-order valence-corrected chi connectivity index (χ4v) is 3.64. The minimum absolute atomic E-state index is 0.0693. The highest BCUT2D eigenvalue weighted by Crippen LogP contribution is 2.20. The van der Waals surface area contributed by atoms with E-state index in [0.717, 1.165) is 4.88 Å². The summed E-state index contributed by atoms with van der Waals surface area (Å²) >= 11 is 1.22. The van der Waals surface area contributed by atoms with E-state index in [-0.39, 0.29) is 13.0 Å². The van der Waals surface area contributed by atoms with Crippen LogP contribution in [-0.4, -0.2) is 26.0 Å². The summed E-state index contributed by atoms with van der Waals surface area (Å²) in [4.78, 5) is 11.2. The zero-order chi connectivity index (χ0) is 12.9. The molecule has 0 bridgehead atoms. The predicted octanol–water partition coefficient (Wildman–Crippen LogP) is 1.59. The second-order valence-corrected chi connectivity index (χ2v) is 6.90. The molecule has 0 fully saturated rings. The van der Waals surface area contributed by atoms with Crippen LogP contribution in [0.25, 0.3) is 0 Å². The molecule has 0 saturated heterocycles. The van der Waals surface area contributed by atoms with Crippen molar-refractivity contribution in [3.8, 4) is 0 Å². The van der Waals surface area contributed by atoms with Gasteiger partial charge in [-0.25, -0.2) is 13.1 Å². The number of carbonyl (C=O) groups is 1. The van der Waals surface area contributed by atoms with Crippen molar-refractivity contribution in [3.63, 3.8) is 0 Å². The highest BCUT2D eigenvalue weighted by molar-refractivity contribution is 7.91. The Bertz CT molecular complexity index is 478. The monoisotopic (exact) mass is 277 g/mol. The van der Waals surface area contributed by atoms with E-state index < -0.39 is 16.0 Å². The third kappa shape index (κ3) is 4.84. The number of hydrogen-bond donors (Lipinski definition) is 2. The summed E-state index contributed by atoms with van der Waals surface area (Å²) in [5, 5.41) is 8.42. The lowest BCUT2D eigenvalue weighted by atomic mass is 10.2. The minimum atomic E-state index is -3.42. The molecule has 5 nitrogen and oxygen atoms in total. The third-order valence-electron chi connectivity index (χ3n) is 2.09. The molecule has 0 aliphatic carbocycles. The number of hydrogen-bond acceptors (Lipinski definition) is 4. The predicted molar refractivity (Wildman–Crippen MR) is 65.7 cm³/mol. The van der Waals surface area contributed by atoms with Crippen LogP contribution in [-0.2, 0) is 14.8 Å². The molecule has 1 heterocycles. The SMILES string of the molecule is Cc1ccc(S(=O)(=O)NCCCCC(=O)O)s1. The summed E-state index contributed by atoms with van der Waals surface area (Å²) in [5.41, 5.74) is 0. The molecule has 0 spiro atoms. The van der Waals surface area contributed by atoms with Crippen LogP contribution >= 0.6 is 11.3 Å². The third-order valence-corrected chi connectivity index (χ3v) is 5.04. The van der Waals surface area contributed by atoms with E-state index in [4.69, 9.17) is 5.11 Å². The lowest BCUT2D eigenvalue weighted by Crippen LogP contribution is -2.24. The number of carboxylic acids is 1. The van der Waals surface area contributed by atoms with Gasteiger partial charge in [0.1, 0.15) is 4.21 Å². The maximum absolute atomic E-state index is 11.7. The Hall–Kier alpha value is -0.920. The van der Waals surface area contributed by atoms with E-state index in [1.165, 1.54) is 11.3 Å². The first kappa shape index (κ1) is 14.1. The minimum Gasteiger partial charge on any atom is -0.481 e. The lowest BCUT2D eigenvalue weighted by Gasteiger charge is -2.03. The van der Waals surface area contributed by atoms with Gasteiger partial charge in [-0.05, 0) is 31.9 Å². The van der Waals surface area contributed by atoms with Gasteiger partial charge in [-0.3, -0.25) is 4.79 Å². The van der Waals surface area contributed by atoms with E-state index in [9.17, 15) is 13.2 Å². The Labute approximate surface area is 105 Å². The number of thiophene rings is 1. The number of unbranched alkanes of at least 4 members (excludes halogenated alkanes) is 1. The molecule has 1 rings (SSSR count). The molecule has 96 valence electrons. The van der Waals surface area contributed by atoms with Gasteiger partial charge in [0, 0.05) is 17.8 Å². The first-order valence-electron chi connectivity index (χ1n) is 5.20. The molecule has 1 aromatic heterocycles. The Balaban J connectivity index is 2.38. The van der Waals surface area contributed by atoms with Crippen LogP contribution in [0.3, 0.4) is 0 Å². The van der Waals surface area contributed by atoms with Crippen LogP contribution in [0.5, 0.6) is 0 Å². The van der Waals surface area contributed by atoms with Crippen molar-refractivity contribution >= 4 is 27.3 Å². The van der Waals surface area contributed by atoms with Gasteiger partial charge in [0.05, 0.1) is 0 Å². The maximum atomic E-state index is 11.7. The van der Waals surface area contributed by atoms with Crippen LogP contribution in [0.4, 0.5) is 0 Å². The number of nitrogens with one attached hydrogen (secondary N) is 1. The van der Waals surface area contributed by atoms with Crippen molar-refractivity contribution in [1.82, 2.24) is 4.72 Å². The Morgan fingerprint density at radius 3 is 2.65 bits per heavy atom. The fraction of sp³-hybridized carbons (Fsp3) is 0.500. The van der Waals surface area contributed by atoms with Crippen molar-refractivity contribution in [2.45, 2.75) is 30.4 Å². The van der Waals surface area contributed by atoms with Crippen LogP contribution in [0.2, 0.25) is 0 Å². The average molecular weight is 277 g/mol. The van der Waals surface area contributed by atoms with E-state index in [0.29, 0.717) is 17.1 Å². The van der Waals surface area contributed by atoms with Crippen molar-refractivity contribution < 1.29 is 18.3 Å². The van der Waals surface area contributed by atoms with Crippen LogP contribution < -0.4 is 4.72 Å². The van der Waals surface area contributed by atoms with E-state index in [1.54, 1.807) is 12.1 Å². The topological polar surface area (TPSA) is 83.5 Å². The van der Waals surface area contributed by atoms with Crippen molar-refractivity contribution in [1.29, 1.82) is 0 Å². The normalized spacial score (nSPS) is 11.6. The Morgan fingerprint density at radius 1 is 1.41 bits per heavy atom. The number of aliphatic carboxylic acids is 1. The molecule has 0 atom stereocenters. The maximum Gasteiger partial charge on any atom is 0.303 e. The van der Waals surface area contributed by atoms with Gasteiger partial charge in [0.15, 0.2) is 0 Å². The van der Waals surface area contributed by atoms with Gasteiger partial charge in [-0.1, -0.05) is 0 Å². The van der Waals surface area contributed by atoms with Gasteiger partial charge in [0.2, 0.25) is 10.0 Å². The smallest absolute Gasteiger partial charge is 0.303 e. The van der Waals surface area contributed by atoms with Crippen molar-refractivity contribution in [2.24, 2.45) is 0 Å². The van der Waals surface area contributed by atoms with Gasteiger partial charge in [-0.2, -0.15) is 0 Å². The first-order chi connectivity index (χ1) is 7.92. The second kappa shape index (κ2) is 6.13. The summed E-state index contributed by atoms with van der Waals surface area (Å²) in [6.45, 7) is 2.11.